The number of benzene rings is 2. The Labute approximate surface area is 160 Å². The Morgan fingerprint density at radius 2 is 1.12 bits per heavy atom. The minimum absolute atomic E-state index is 0.223. The van der Waals surface area contributed by atoms with Crippen molar-refractivity contribution in [1.82, 2.24) is 0 Å². The number of halogens is 2. The third-order valence-electron chi connectivity index (χ3n) is 5.67. The normalized spacial score (nSPS) is 29.6. The number of aliphatic hydroxyl groups is 1. The summed E-state index contributed by atoms with van der Waals surface area (Å²) in [5.74, 6) is 0.462. The molecule has 25 heavy (non-hydrogen) atoms. The molecular formula is C21H26Cl2NO+. The lowest BCUT2D eigenvalue weighted by atomic mass is 9.71. The van der Waals surface area contributed by atoms with E-state index in [0.717, 1.165) is 22.9 Å². The van der Waals surface area contributed by atoms with E-state index in [1.807, 2.05) is 24.3 Å². The number of piperidine rings is 1. The molecule has 1 heterocycles. The van der Waals surface area contributed by atoms with Gasteiger partial charge in [-0.1, -0.05) is 61.3 Å². The van der Waals surface area contributed by atoms with E-state index in [2.05, 4.69) is 43.4 Å². The van der Waals surface area contributed by atoms with Crippen LogP contribution in [-0.4, -0.2) is 11.2 Å². The lowest BCUT2D eigenvalue weighted by molar-refractivity contribution is -0.761. The molecule has 2 aromatic rings. The van der Waals surface area contributed by atoms with Crippen LogP contribution in [0.4, 0.5) is 0 Å². The largest absolute Gasteiger partial charge is 0.392 e. The summed E-state index contributed by atoms with van der Waals surface area (Å²) in [5, 5.41) is 15.0. The molecule has 4 heteroatoms. The number of nitrogens with two attached hydrogens (primary N) is 1. The van der Waals surface area contributed by atoms with E-state index in [1.165, 1.54) is 11.1 Å². The summed E-state index contributed by atoms with van der Waals surface area (Å²) in [6, 6.07) is 16.5. The van der Waals surface area contributed by atoms with Gasteiger partial charge in [-0.2, -0.15) is 0 Å². The Morgan fingerprint density at radius 3 is 1.44 bits per heavy atom. The van der Waals surface area contributed by atoms with E-state index in [9.17, 15) is 5.11 Å². The molecule has 2 aromatic carbocycles. The highest BCUT2D eigenvalue weighted by Crippen LogP contribution is 2.39. The van der Waals surface area contributed by atoms with Gasteiger partial charge in [0, 0.05) is 33.0 Å². The Balaban J connectivity index is 1.97. The molecule has 134 valence electrons. The smallest absolute Gasteiger partial charge is 0.117 e. The van der Waals surface area contributed by atoms with Crippen LogP contribution in [0.2, 0.25) is 10.0 Å². The first-order valence-corrected chi connectivity index (χ1v) is 9.84. The van der Waals surface area contributed by atoms with Crippen LogP contribution >= 0.6 is 23.2 Å². The average molecular weight is 379 g/mol. The van der Waals surface area contributed by atoms with Gasteiger partial charge in [0.15, 0.2) is 0 Å². The molecule has 1 fully saturated rings. The molecule has 3 N–H and O–H groups in total. The van der Waals surface area contributed by atoms with Gasteiger partial charge in [-0.15, -0.1) is 0 Å². The Hall–Kier alpha value is -1.06. The Bertz CT molecular complexity index is 627. The quantitative estimate of drug-likeness (QED) is 0.789. The second kappa shape index (κ2) is 8.09. The van der Waals surface area contributed by atoms with Crippen LogP contribution in [0.1, 0.15) is 49.9 Å². The first-order valence-electron chi connectivity index (χ1n) is 9.09. The average Bonchev–Trinajstić information content (AvgIpc) is 2.62. The third kappa shape index (κ3) is 3.88. The highest BCUT2D eigenvalue weighted by atomic mass is 35.5. The first-order chi connectivity index (χ1) is 12.0. The van der Waals surface area contributed by atoms with Gasteiger partial charge in [0.2, 0.25) is 0 Å². The third-order valence-corrected chi connectivity index (χ3v) is 6.17. The zero-order valence-corrected chi connectivity index (χ0v) is 16.2. The molecule has 1 aliphatic heterocycles. The van der Waals surface area contributed by atoms with Crippen molar-refractivity contribution in [3.8, 4) is 0 Å². The summed E-state index contributed by atoms with van der Waals surface area (Å²) in [5.41, 5.74) is 2.45. The van der Waals surface area contributed by atoms with Crippen LogP contribution in [0.25, 0.3) is 0 Å². The van der Waals surface area contributed by atoms with Crippen molar-refractivity contribution in [3.05, 3.63) is 69.7 Å². The maximum atomic E-state index is 11.1. The highest BCUT2D eigenvalue weighted by Gasteiger charge is 2.46. The second-order valence-electron chi connectivity index (χ2n) is 6.98. The van der Waals surface area contributed by atoms with E-state index in [-0.39, 0.29) is 30.0 Å². The predicted octanol–water partition coefficient (Wildman–Crippen LogP) is 4.77. The SMILES string of the molecule is CC[C@@H]1C(O)[C@@H](CC)[C@@H](c2ccc(Cl)cc2)[NH2+][C@@H]1c1ccc(Cl)cc1. The molecule has 3 rings (SSSR count). The van der Waals surface area contributed by atoms with Gasteiger partial charge in [0.1, 0.15) is 12.1 Å². The van der Waals surface area contributed by atoms with Gasteiger partial charge < -0.3 is 10.4 Å². The Morgan fingerprint density at radius 1 is 0.760 bits per heavy atom. The number of hydrogen-bond acceptors (Lipinski definition) is 1. The van der Waals surface area contributed by atoms with Gasteiger partial charge >= 0.3 is 0 Å². The molecule has 0 aromatic heterocycles. The van der Waals surface area contributed by atoms with Crippen LogP contribution in [0.15, 0.2) is 48.5 Å². The van der Waals surface area contributed by atoms with Crippen molar-refractivity contribution in [2.24, 2.45) is 11.8 Å². The molecule has 1 saturated heterocycles. The lowest BCUT2D eigenvalue weighted by Crippen LogP contribution is -2.92. The number of rotatable bonds is 4. The van der Waals surface area contributed by atoms with Crippen molar-refractivity contribution >= 4 is 23.2 Å². The van der Waals surface area contributed by atoms with Crippen molar-refractivity contribution in [1.29, 1.82) is 0 Å². The topological polar surface area (TPSA) is 36.8 Å². The van der Waals surface area contributed by atoms with Crippen LogP contribution < -0.4 is 5.32 Å². The van der Waals surface area contributed by atoms with E-state index >= 15 is 0 Å². The molecule has 0 bridgehead atoms. The van der Waals surface area contributed by atoms with Gasteiger partial charge in [-0.3, -0.25) is 0 Å². The summed E-state index contributed by atoms with van der Waals surface area (Å²) in [7, 11) is 0. The van der Waals surface area contributed by atoms with Crippen molar-refractivity contribution in [3.63, 3.8) is 0 Å². The highest BCUT2D eigenvalue weighted by molar-refractivity contribution is 6.30. The summed E-state index contributed by atoms with van der Waals surface area (Å²) in [6.45, 7) is 4.33. The molecular weight excluding hydrogens is 353 g/mol. The minimum atomic E-state index is -0.318. The summed E-state index contributed by atoms with van der Waals surface area (Å²) in [4.78, 5) is 0. The summed E-state index contributed by atoms with van der Waals surface area (Å²) in [6.07, 6.45) is 1.59. The van der Waals surface area contributed by atoms with Crippen LogP contribution in [-0.2, 0) is 0 Å². The summed E-state index contributed by atoms with van der Waals surface area (Å²) < 4.78 is 0. The number of hydrogen-bond donors (Lipinski definition) is 2. The number of aliphatic hydroxyl groups excluding tert-OH is 1. The molecule has 0 saturated carbocycles. The van der Waals surface area contributed by atoms with Crippen LogP contribution in [0, 0.1) is 11.8 Å². The van der Waals surface area contributed by atoms with E-state index in [4.69, 9.17) is 23.2 Å². The van der Waals surface area contributed by atoms with E-state index in [1.54, 1.807) is 0 Å². The lowest BCUT2D eigenvalue weighted by Gasteiger charge is -2.43. The monoisotopic (exact) mass is 378 g/mol. The van der Waals surface area contributed by atoms with Crippen molar-refractivity contribution in [2.45, 2.75) is 44.9 Å². The molecule has 0 radical (unpaired) electrons. The fourth-order valence-electron chi connectivity index (χ4n) is 4.33. The van der Waals surface area contributed by atoms with Crippen molar-refractivity contribution in [2.75, 3.05) is 0 Å². The maximum Gasteiger partial charge on any atom is 0.117 e. The number of quaternary nitrogens is 1. The van der Waals surface area contributed by atoms with E-state index < -0.39 is 0 Å². The molecule has 4 atom stereocenters. The molecule has 0 amide bonds. The van der Waals surface area contributed by atoms with Gasteiger partial charge in [-0.05, 0) is 37.1 Å². The van der Waals surface area contributed by atoms with Gasteiger partial charge in [0.05, 0.1) is 6.10 Å². The minimum Gasteiger partial charge on any atom is -0.392 e. The maximum absolute atomic E-state index is 11.1. The molecule has 1 aliphatic rings. The molecule has 0 aliphatic carbocycles. The standard InChI is InChI=1S/C21H25Cl2NO/c1-3-17-19(13-5-9-15(22)10-6-13)24-20(18(4-2)21(17)25)14-7-11-16(23)12-8-14/h5-12,17-21,24-25H,3-4H2,1-2H3/p+1/t17-,18-,19+,20+/m0/s1. The van der Waals surface area contributed by atoms with E-state index in [0.29, 0.717) is 0 Å². The van der Waals surface area contributed by atoms with Crippen LogP contribution in [0.3, 0.4) is 0 Å². The van der Waals surface area contributed by atoms with Gasteiger partial charge in [0.25, 0.3) is 0 Å². The van der Waals surface area contributed by atoms with Crippen LogP contribution in [0.5, 0.6) is 0 Å². The van der Waals surface area contributed by atoms with Gasteiger partial charge in [-0.25, -0.2) is 0 Å². The molecule has 0 unspecified atom stereocenters. The zero-order valence-electron chi connectivity index (χ0n) is 14.7. The molecule has 2 nitrogen and oxygen atoms in total. The predicted molar refractivity (Wildman–Crippen MR) is 104 cm³/mol. The van der Waals surface area contributed by atoms with Crippen molar-refractivity contribution < 1.29 is 10.4 Å². The summed E-state index contributed by atoms with van der Waals surface area (Å²) >= 11 is 12.1. The zero-order chi connectivity index (χ0) is 18.0. The fraction of sp³-hybridized carbons (Fsp3) is 0.429. The molecule has 0 spiro atoms. The Kier molecular flexibility index (Phi) is 6.06. The first kappa shape index (κ1) is 18.7. The fourth-order valence-corrected chi connectivity index (χ4v) is 4.58. The second-order valence-corrected chi connectivity index (χ2v) is 7.85.